The van der Waals surface area contributed by atoms with Gasteiger partial charge in [-0.3, -0.25) is 15.2 Å². The second-order valence-corrected chi connectivity index (χ2v) is 11.2. The van der Waals surface area contributed by atoms with Gasteiger partial charge in [0.05, 0.1) is 42.1 Å². The van der Waals surface area contributed by atoms with Gasteiger partial charge in [-0.25, -0.2) is 4.98 Å². The van der Waals surface area contributed by atoms with Gasteiger partial charge in [0.25, 0.3) is 5.91 Å². The monoisotopic (exact) mass is 587 g/mol. The number of imidazole rings is 1. The standard InChI is InChI=1S/C35H37N7O2/c36-20-25-5-7-26(8-6-25)22-41(29-3-1-17-39-21-29)35(43)28-14-15-32-31(19-28)40-33(42(32)23-30-4-2-18-44-30)16-11-24-9-12-27(13-10-24)34(37)38/h1,3,5-10,12-15,17,19,21,30H,2,4,11,16,18,20,22-23,36H2,(H3,37,38). The van der Waals surface area contributed by atoms with Crippen molar-refractivity contribution >= 4 is 28.5 Å². The van der Waals surface area contributed by atoms with Crippen LogP contribution in [0.2, 0.25) is 0 Å². The molecule has 0 radical (unpaired) electrons. The molecule has 1 aliphatic heterocycles. The van der Waals surface area contributed by atoms with E-state index in [-0.39, 0.29) is 17.8 Å². The number of pyridine rings is 1. The average Bonchev–Trinajstić information content (AvgIpc) is 3.71. The predicted octanol–water partition coefficient (Wildman–Crippen LogP) is 4.99. The van der Waals surface area contributed by atoms with Gasteiger partial charge < -0.3 is 25.7 Å². The van der Waals surface area contributed by atoms with E-state index in [9.17, 15) is 4.79 Å². The Hall–Kier alpha value is -4.86. The molecule has 3 aromatic carbocycles. The summed E-state index contributed by atoms with van der Waals surface area (Å²) in [6, 6.07) is 25.3. The number of fused-ring (bicyclic) bond motifs is 1. The zero-order valence-corrected chi connectivity index (χ0v) is 24.7. The summed E-state index contributed by atoms with van der Waals surface area (Å²) in [6.45, 7) is 2.38. The molecule has 1 fully saturated rings. The highest BCUT2D eigenvalue weighted by Gasteiger charge is 2.23. The lowest BCUT2D eigenvalue weighted by molar-refractivity contribution is 0.0971. The van der Waals surface area contributed by atoms with Crippen LogP contribution in [0.5, 0.6) is 0 Å². The van der Waals surface area contributed by atoms with Crippen LogP contribution < -0.4 is 16.4 Å². The lowest BCUT2D eigenvalue weighted by atomic mass is 10.1. The summed E-state index contributed by atoms with van der Waals surface area (Å²) in [7, 11) is 0. The molecule has 9 nitrogen and oxygen atoms in total. The van der Waals surface area contributed by atoms with Gasteiger partial charge in [0.1, 0.15) is 11.7 Å². The summed E-state index contributed by atoms with van der Waals surface area (Å²) in [5.74, 6) is 0.898. The Labute approximate surface area is 257 Å². The smallest absolute Gasteiger partial charge is 0.258 e. The van der Waals surface area contributed by atoms with Crippen molar-refractivity contribution in [1.82, 2.24) is 14.5 Å². The van der Waals surface area contributed by atoms with Crippen LogP contribution in [-0.2, 0) is 37.2 Å². The number of rotatable bonds is 11. The lowest BCUT2D eigenvalue weighted by Gasteiger charge is -2.23. The quantitative estimate of drug-likeness (QED) is 0.147. The maximum atomic E-state index is 14.1. The van der Waals surface area contributed by atoms with Crippen molar-refractivity contribution in [2.24, 2.45) is 11.5 Å². The molecular formula is C35H37N7O2. The Morgan fingerprint density at radius 1 is 0.977 bits per heavy atom. The number of ether oxygens (including phenoxy) is 1. The minimum absolute atomic E-state index is 0.0619. The van der Waals surface area contributed by atoms with Crippen LogP contribution in [-0.4, -0.2) is 39.0 Å². The molecular weight excluding hydrogens is 550 g/mol. The number of amides is 1. The fourth-order valence-corrected chi connectivity index (χ4v) is 5.72. The van der Waals surface area contributed by atoms with E-state index in [0.717, 1.165) is 78.1 Å². The van der Waals surface area contributed by atoms with Crippen LogP contribution in [0.1, 0.15) is 51.3 Å². The van der Waals surface area contributed by atoms with E-state index in [4.69, 9.17) is 26.6 Å². The maximum absolute atomic E-state index is 14.1. The Bertz CT molecular complexity index is 1740. The average molecular weight is 588 g/mol. The molecule has 0 spiro atoms. The summed E-state index contributed by atoms with van der Waals surface area (Å²) >= 11 is 0. The van der Waals surface area contributed by atoms with Gasteiger partial charge >= 0.3 is 0 Å². The van der Waals surface area contributed by atoms with Crippen LogP contribution in [0, 0.1) is 5.41 Å². The van der Waals surface area contributed by atoms with E-state index in [1.807, 2.05) is 78.9 Å². The molecule has 1 amide bonds. The van der Waals surface area contributed by atoms with Gasteiger partial charge in [0.15, 0.2) is 0 Å². The Balaban J connectivity index is 1.30. The SMILES string of the molecule is N=C(N)c1ccc(CCc2nc3cc(C(=O)N(Cc4ccc(CN)cc4)c4cccnc4)ccc3n2CC2CCCO2)cc1. The van der Waals surface area contributed by atoms with E-state index >= 15 is 0 Å². The number of hydrogen-bond donors (Lipinski definition) is 3. The predicted molar refractivity (Wildman–Crippen MR) is 173 cm³/mol. The first-order chi connectivity index (χ1) is 21.5. The second-order valence-electron chi connectivity index (χ2n) is 11.2. The number of amidine groups is 1. The Morgan fingerprint density at radius 2 is 1.73 bits per heavy atom. The molecule has 0 aliphatic carbocycles. The number of aryl methyl sites for hydroxylation is 2. The number of carbonyl (C=O) groups is 1. The first-order valence-corrected chi connectivity index (χ1v) is 15.0. The van der Waals surface area contributed by atoms with Gasteiger partial charge in [0, 0.05) is 36.9 Å². The molecule has 44 heavy (non-hydrogen) atoms. The van der Waals surface area contributed by atoms with Crippen molar-refractivity contribution < 1.29 is 9.53 Å². The summed E-state index contributed by atoms with van der Waals surface area (Å²) in [6.07, 6.45) is 7.16. The molecule has 224 valence electrons. The summed E-state index contributed by atoms with van der Waals surface area (Å²) < 4.78 is 8.24. The third-order valence-electron chi connectivity index (χ3n) is 8.19. The fourth-order valence-electron chi connectivity index (χ4n) is 5.72. The van der Waals surface area contributed by atoms with Crippen LogP contribution in [0.15, 0.2) is 91.3 Å². The van der Waals surface area contributed by atoms with Gasteiger partial charge in [-0.05, 0) is 66.3 Å². The Kier molecular flexibility index (Phi) is 8.76. The maximum Gasteiger partial charge on any atom is 0.258 e. The molecule has 1 aliphatic rings. The van der Waals surface area contributed by atoms with E-state index in [1.54, 1.807) is 17.3 Å². The minimum atomic E-state index is -0.122. The van der Waals surface area contributed by atoms with Crippen LogP contribution in [0.4, 0.5) is 5.69 Å². The van der Waals surface area contributed by atoms with Crippen molar-refractivity contribution in [2.75, 3.05) is 11.5 Å². The molecule has 0 bridgehead atoms. The number of benzene rings is 3. The summed E-state index contributed by atoms with van der Waals surface area (Å²) in [5, 5.41) is 7.65. The van der Waals surface area contributed by atoms with Crippen LogP contribution in [0.3, 0.4) is 0 Å². The summed E-state index contributed by atoms with van der Waals surface area (Å²) in [5.41, 5.74) is 18.4. The van der Waals surface area contributed by atoms with Crippen molar-refractivity contribution in [3.63, 3.8) is 0 Å². The van der Waals surface area contributed by atoms with Crippen molar-refractivity contribution in [1.29, 1.82) is 5.41 Å². The number of anilines is 1. The molecule has 1 atom stereocenters. The first kappa shape index (κ1) is 29.2. The number of hydrogen-bond acceptors (Lipinski definition) is 6. The van der Waals surface area contributed by atoms with Gasteiger partial charge in [-0.2, -0.15) is 0 Å². The zero-order valence-electron chi connectivity index (χ0n) is 24.7. The number of nitrogens with two attached hydrogens (primary N) is 2. The van der Waals surface area contributed by atoms with E-state index in [2.05, 4.69) is 9.55 Å². The first-order valence-electron chi connectivity index (χ1n) is 15.0. The molecule has 9 heteroatoms. The highest BCUT2D eigenvalue weighted by molar-refractivity contribution is 6.07. The molecule has 0 saturated carbocycles. The number of nitrogens with one attached hydrogen (secondary N) is 1. The molecule has 2 aromatic heterocycles. The molecule has 6 rings (SSSR count). The van der Waals surface area contributed by atoms with Crippen molar-refractivity contribution in [2.45, 2.75) is 51.4 Å². The van der Waals surface area contributed by atoms with E-state index in [1.165, 1.54) is 0 Å². The number of carbonyl (C=O) groups excluding carboxylic acids is 1. The minimum Gasteiger partial charge on any atom is -0.384 e. The zero-order chi connectivity index (χ0) is 30.5. The lowest BCUT2D eigenvalue weighted by Crippen LogP contribution is -2.30. The normalized spacial score (nSPS) is 14.6. The highest BCUT2D eigenvalue weighted by atomic mass is 16.5. The molecule has 1 saturated heterocycles. The van der Waals surface area contributed by atoms with Crippen molar-refractivity contribution in [3.05, 3.63) is 125 Å². The second kappa shape index (κ2) is 13.2. The van der Waals surface area contributed by atoms with Gasteiger partial charge in [-0.1, -0.05) is 48.5 Å². The van der Waals surface area contributed by atoms with Crippen LogP contribution in [0.25, 0.3) is 11.0 Å². The fraction of sp³-hybridized carbons (Fsp3) is 0.257. The highest BCUT2D eigenvalue weighted by Crippen LogP contribution is 2.26. The molecule has 5 aromatic rings. The number of nitrogen functional groups attached to an aromatic ring is 1. The molecule has 3 heterocycles. The third kappa shape index (κ3) is 6.54. The number of nitrogens with zero attached hydrogens (tertiary/aromatic N) is 4. The van der Waals surface area contributed by atoms with Gasteiger partial charge in [-0.15, -0.1) is 0 Å². The largest absolute Gasteiger partial charge is 0.384 e. The number of aromatic nitrogens is 3. The third-order valence-corrected chi connectivity index (χ3v) is 8.19. The summed E-state index contributed by atoms with van der Waals surface area (Å²) in [4.78, 5) is 25.1. The molecule has 5 N–H and O–H groups in total. The van der Waals surface area contributed by atoms with E-state index < -0.39 is 0 Å². The van der Waals surface area contributed by atoms with Crippen LogP contribution >= 0.6 is 0 Å². The van der Waals surface area contributed by atoms with Crippen molar-refractivity contribution in [3.8, 4) is 0 Å². The topological polar surface area (TPSA) is 136 Å². The Morgan fingerprint density at radius 3 is 2.41 bits per heavy atom. The van der Waals surface area contributed by atoms with Gasteiger partial charge in [0.2, 0.25) is 0 Å². The molecule has 1 unspecified atom stereocenters. The van der Waals surface area contributed by atoms with E-state index in [0.29, 0.717) is 24.2 Å².